The van der Waals surface area contributed by atoms with Gasteiger partial charge < -0.3 is 11.1 Å². The lowest BCUT2D eigenvalue weighted by molar-refractivity contribution is 0.0937. The fraction of sp³-hybridized carbons (Fsp3) is 0.438. The molecule has 100 valence electrons. The van der Waals surface area contributed by atoms with Crippen molar-refractivity contribution in [3.8, 4) is 11.8 Å². The van der Waals surface area contributed by atoms with Crippen LogP contribution in [0, 0.1) is 17.8 Å². The van der Waals surface area contributed by atoms with Crippen molar-refractivity contribution in [3.05, 3.63) is 35.4 Å². The van der Waals surface area contributed by atoms with Gasteiger partial charge in [0, 0.05) is 17.2 Å². The number of hydrogen-bond donors (Lipinski definition) is 2. The molecule has 3 nitrogen and oxygen atoms in total. The molecule has 1 amide bonds. The minimum absolute atomic E-state index is 0.00417. The van der Waals surface area contributed by atoms with Crippen molar-refractivity contribution in [3.63, 3.8) is 0 Å². The molecule has 3 N–H and O–H groups in total. The first-order valence-electron chi connectivity index (χ1n) is 6.79. The molecule has 1 aromatic carbocycles. The number of carbonyl (C=O) groups excluding carboxylic acids is 1. The topological polar surface area (TPSA) is 55.1 Å². The quantitative estimate of drug-likeness (QED) is 0.794. The van der Waals surface area contributed by atoms with E-state index < -0.39 is 0 Å². The Morgan fingerprint density at radius 2 is 2.32 bits per heavy atom. The number of carbonyl (C=O) groups is 1. The minimum atomic E-state index is -0.00417. The second-order valence-electron chi connectivity index (χ2n) is 5.18. The maximum Gasteiger partial charge on any atom is 0.251 e. The lowest BCUT2D eigenvalue weighted by atomic mass is 10.1. The number of hydrogen-bond acceptors (Lipinski definition) is 2. The van der Waals surface area contributed by atoms with Gasteiger partial charge in [0.05, 0.1) is 6.54 Å². The van der Waals surface area contributed by atoms with Gasteiger partial charge in [-0.25, -0.2) is 0 Å². The van der Waals surface area contributed by atoms with E-state index in [9.17, 15) is 4.79 Å². The van der Waals surface area contributed by atoms with E-state index in [0.717, 1.165) is 18.4 Å². The third kappa shape index (κ3) is 3.84. The Balaban J connectivity index is 2.02. The van der Waals surface area contributed by atoms with Crippen LogP contribution in [0.4, 0.5) is 0 Å². The maximum atomic E-state index is 12.1. The molecule has 0 aliphatic heterocycles. The molecular weight excluding hydrogens is 236 g/mol. The molecule has 2 unspecified atom stereocenters. The summed E-state index contributed by atoms with van der Waals surface area (Å²) < 4.78 is 0. The minimum Gasteiger partial charge on any atom is -0.349 e. The van der Waals surface area contributed by atoms with Gasteiger partial charge in [0.1, 0.15) is 0 Å². The molecule has 3 heteroatoms. The Morgan fingerprint density at radius 1 is 1.47 bits per heavy atom. The molecule has 1 saturated carbocycles. The van der Waals surface area contributed by atoms with E-state index in [0.29, 0.717) is 24.1 Å². The molecule has 2 atom stereocenters. The monoisotopic (exact) mass is 256 g/mol. The molecule has 1 fully saturated rings. The van der Waals surface area contributed by atoms with Gasteiger partial charge in [0.25, 0.3) is 5.91 Å². The summed E-state index contributed by atoms with van der Waals surface area (Å²) in [5.74, 6) is 6.45. The van der Waals surface area contributed by atoms with Crippen LogP contribution in [-0.4, -0.2) is 18.5 Å². The summed E-state index contributed by atoms with van der Waals surface area (Å²) >= 11 is 0. The normalized spacial score (nSPS) is 21.6. The highest BCUT2D eigenvalue weighted by molar-refractivity contribution is 5.94. The van der Waals surface area contributed by atoms with Crippen LogP contribution in [0.25, 0.3) is 0 Å². The third-order valence-corrected chi connectivity index (χ3v) is 3.49. The fourth-order valence-electron chi connectivity index (χ4n) is 2.50. The molecule has 0 heterocycles. The van der Waals surface area contributed by atoms with Gasteiger partial charge in [-0.1, -0.05) is 24.8 Å². The Morgan fingerprint density at radius 3 is 3.00 bits per heavy atom. The predicted octanol–water partition coefficient (Wildman–Crippen LogP) is 1.92. The van der Waals surface area contributed by atoms with E-state index in [2.05, 4.69) is 24.1 Å². The second kappa shape index (κ2) is 6.40. The molecule has 1 aromatic rings. The highest BCUT2D eigenvalue weighted by Crippen LogP contribution is 2.24. The Bertz CT molecular complexity index is 513. The summed E-state index contributed by atoms with van der Waals surface area (Å²) in [6.07, 6.45) is 3.37. The first kappa shape index (κ1) is 13.6. The van der Waals surface area contributed by atoms with Crippen LogP contribution in [0.2, 0.25) is 0 Å². The summed E-state index contributed by atoms with van der Waals surface area (Å²) in [5, 5.41) is 3.10. The molecular formula is C16H20N2O. The molecule has 0 spiro atoms. The van der Waals surface area contributed by atoms with E-state index in [1.165, 1.54) is 6.42 Å². The number of nitrogens with one attached hydrogen (secondary N) is 1. The average molecular weight is 256 g/mol. The van der Waals surface area contributed by atoms with E-state index in [1.807, 2.05) is 24.3 Å². The van der Waals surface area contributed by atoms with E-state index in [-0.39, 0.29) is 5.91 Å². The van der Waals surface area contributed by atoms with Gasteiger partial charge in [-0.3, -0.25) is 4.79 Å². The Labute approximate surface area is 114 Å². The average Bonchev–Trinajstić information content (AvgIpc) is 2.82. The van der Waals surface area contributed by atoms with Crippen molar-refractivity contribution < 1.29 is 4.79 Å². The van der Waals surface area contributed by atoms with E-state index >= 15 is 0 Å². The summed E-state index contributed by atoms with van der Waals surface area (Å²) in [6, 6.07) is 7.70. The van der Waals surface area contributed by atoms with Crippen molar-refractivity contribution in [2.75, 3.05) is 6.54 Å². The third-order valence-electron chi connectivity index (χ3n) is 3.49. The van der Waals surface area contributed by atoms with Gasteiger partial charge in [-0.05, 0) is 43.4 Å². The number of nitrogens with two attached hydrogens (primary N) is 1. The molecule has 19 heavy (non-hydrogen) atoms. The Hall–Kier alpha value is -1.79. The van der Waals surface area contributed by atoms with Crippen LogP contribution in [0.15, 0.2) is 24.3 Å². The van der Waals surface area contributed by atoms with Crippen molar-refractivity contribution in [1.29, 1.82) is 0 Å². The molecule has 0 aromatic heterocycles. The zero-order chi connectivity index (χ0) is 13.7. The van der Waals surface area contributed by atoms with Crippen molar-refractivity contribution >= 4 is 5.91 Å². The van der Waals surface area contributed by atoms with E-state index in [4.69, 9.17) is 5.73 Å². The Kier molecular flexibility index (Phi) is 4.59. The molecule has 0 radical (unpaired) electrons. The van der Waals surface area contributed by atoms with Crippen molar-refractivity contribution in [2.45, 2.75) is 32.2 Å². The largest absolute Gasteiger partial charge is 0.349 e. The summed E-state index contributed by atoms with van der Waals surface area (Å²) in [5.41, 5.74) is 6.84. The molecule has 0 bridgehead atoms. The van der Waals surface area contributed by atoms with Gasteiger partial charge in [0.15, 0.2) is 0 Å². The lowest BCUT2D eigenvalue weighted by Gasteiger charge is -2.12. The standard InChI is InChI=1S/C16H20N2O/c1-12-7-8-15(10-12)18-16(19)14-6-2-4-13(11-14)5-3-9-17/h2,4,6,11-12,15H,7-10,17H2,1H3,(H,18,19). The summed E-state index contributed by atoms with van der Waals surface area (Å²) in [7, 11) is 0. The summed E-state index contributed by atoms with van der Waals surface area (Å²) in [4.78, 5) is 12.1. The van der Waals surface area contributed by atoms with Gasteiger partial charge in [-0.15, -0.1) is 0 Å². The van der Waals surface area contributed by atoms with Crippen LogP contribution in [-0.2, 0) is 0 Å². The number of rotatable bonds is 2. The van der Waals surface area contributed by atoms with Gasteiger partial charge >= 0.3 is 0 Å². The smallest absolute Gasteiger partial charge is 0.251 e. The van der Waals surface area contributed by atoms with Crippen LogP contribution >= 0.6 is 0 Å². The second-order valence-corrected chi connectivity index (χ2v) is 5.18. The van der Waals surface area contributed by atoms with Crippen LogP contribution in [0.3, 0.4) is 0 Å². The lowest BCUT2D eigenvalue weighted by Crippen LogP contribution is -2.32. The molecule has 2 rings (SSSR count). The molecule has 1 aliphatic rings. The highest BCUT2D eigenvalue weighted by atomic mass is 16.1. The first-order valence-corrected chi connectivity index (χ1v) is 6.79. The predicted molar refractivity (Wildman–Crippen MR) is 76.6 cm³/mol. The molecule has 0 saturated heterocycles. The van der Waals surface area contributed by atoms with Crippen molar-refractivity contribution in [2.24, 2.45) is 11.7 Å². The fourth-order valence-corrected chi connectivity index (χ4v) is 2.50. The summed E-state index contributed by atoms with van der Waals surface area (Å²) in [6.45, 7) is 2.56. The van der Waals surface area contributed by atoms with Crippen LogP contribution in [0.1, 0.15) is 42.1 Å². The number of amides is 1. The van der Waals surface area contributed by atoms with Crippen LogP contribution < -0.4 is 11.1 Å². The SMILES string of the molecule is CC1CCC(NC(=O)c2cccc(C#CCN)c2)C1. The zero-order valence-corrected chi connectivity index (χ0v) is 11.3. The maximum absolute atomic E-state index is 12.1. The number of benzene rings is 1. The van der Waals surface area contributed by atoms with Gasteiger partial charge in [-0.2, -0.15) is 0 Å². The van der Waals surface area contributed by atoms with Crippen LogP contribution in [0.5, 0.6) is 0 Å². The van der Waals surface area contributed by atoms with Gasteiger partial charge in [0.2, 0.25) is 0 Å². The van der Waals surface area contributed by atoms with Crippen molar-refractivity contribution in [1.82, 2.24) is 5.32 Å². The molecule has 1 aliphatic carbocycles. The highest BCUT2D eigenvalue weighted by Gasteiger charge is 2.22. The zero-order valence-electron chi connectivity index (χ0n) is 11.3. The first-order chi connectivity index (χ1) is 9.19. The van der Waals surface area contributed by atoms with E-state index in [1.54, 1.807) is 0 Å².